The minimum atomic E-state index is -0.177. The van der Waals surface area contributed by atoms with Crippen LogP contribution in [-0.2, 0) is 4.74 Å². The van der Waals surface area contributed by atoms with Gasteiger partial charge in [0, 0.05) is 25.2 Å². The van der Waals surface area contributed by atoms with E-state index in [0.717, 1.165) is 6.42 Å². The van der Waals surface area contributed by atoms with E-state index in [1.165, 1.54) is 0 Å². The lowest BCUT2D eigenvalue weighted by atomic mass is 10.2. The van der Waals surface area contributed by atoms with Gasteiger partial charge in [0.2, 0.25) is 5.88 Å². The molecule has 0 radical (unpaired) electrons. The molecule has 152 valence electrons. The molecule has 2 amide bonds. The number of anilines is 1. The lowest BCUT2D eigenvalue weighted by molar-refractivity contribution is -0.0146. The standard InChI is InChI=1S/C19H24N4O4.ClH/c1-25-15-3-2-4-16(11-15)27-18-6-5-14(12-21-18)22-19(24)23-9-10-26-17(13-23)7-8-20;/h2-6,11-12,17H,7-10,13,20H2,1H3,(H,22,24);1H. The topological polar surface area (TPSA) is 98.9 Å². The Kier molecular flexibility index (Phi) is 8.31. The fourth-order valence-electron chi connectivity index (χ4n) is 2.77. The average Bonchev–Trinajstić information content (AvgIpc) is 2.70. The summed E-state index contributed by atoms with van der Waals surface area (Å²) in [4.78, 5) is 18.4. The number of nitrogens with zero attached hydrogens (tertiary/aromatic N) is 2. The maximum Gasteiger partial charge on any atom is 0.322 e. The number of carbonyl (C=O) groups excluding carboxylic acids is 1. The molecule has 3 N–H and O–H groups in total. The van der Waals surface area contributed by atoms with E-state index in [1.54, 1.807) is 36.4 Å². The second-order valence-electron chi connectivity index (χ2n) is 6.11. The molecule has 1 aliphatic heterocycles. The third kappa shape index (κ3) is 5.98. The molecule has 9 heteroatoms. The number of pyridine rings is 1. The first-order valence-electron chi connectivity index (χ1n) is 8.83. The summed E-state index contributed by atoms with van der Waals surface area (Å²) in [6, 6.07) is 10.5. The fraction of sp³-hybridized carbons (Fsp3) is 0.368. The fourth-order valence-corrected chi connectivity index (χ4v) is 2.77. The number of nitrogens with two attached hydrogens (primary N) is 1. The Balaban J connectivity index is 0.00000280. The normalized spacial score (nSPS) is 16.1. The maximum atomic E-state index is 12.4. The number of ether oxygens (including phenoxy) is 3. The highest BCUT2D eigenvalue weighted by molar-refractivity contribution is 5.89. The number of methoxy groups -OCH3 is 1. The summed E-state index contributed by atoms with van der Waals surface area (Å²) in [6.07, 6.45) is 2.29. The van der Waals surface area contributed by atoms with E-state index in [2.05, 4.69) is 10.3 Å². The largest absolute Gasteiger partial charge is 0.497 e. The Morgan fingerprint density at radius 1 is 1.36 bits per heavy atom. The Bertz CT molecular complexity index is 758. The van der Waals surface area contributed by atoms with Crippen LogP contribution in [0.3, 0.4) is 0 Å². The Morgan fingerprint density at radius 3 is 2.89 bits per heavy atom. The molecule has 2 aromatic rings. The molecular weight excluding hydrogens is 384 g/mol. The van der Waals surface area contributed by atoms with Gasteiger partial charge in [0.15, 0.2) is 0 Å². The molecule has 1 fully saturated rings. The van der Waals surface area contributed by atoms with Crippen molar-refractivity contribution in [2.45, 2.75) is 12.5 Å². The van der Waals surface area contributed by atoms with Crippen LogP contribution >= 0.6 is 12.4 Å². The van der Waals surface area contributed by atoms with Crippen LogP contribution in [0.1, 0.15) is 6.42 Å². The zero-order valence-corrected chi connectivity index (χ0v) is 16.5. The van der Waals surface area contributed by atoms with Crippen molar-refractivity contribution in [3.8, 4) is 17.4 Å². The van der Waals surface area contributed by atoms with E-state index in [0.29, 0.717) is 49.3 Å². The minimum absolute atomic E-state index is 0. The monoisotopic (exact) mass is 408 g/mol. The smallest absolute Gasteiger partial charge is 0.322 e. The third-order valence-electron chi connectivity index (χ3n) is 4.17. The molecular formula is C19H25ClN4O4. The third-order valence-corrected chi connectivity index (χ3v) is 4.17. The predicted octanol–water partition coefficient (Wildman–Crippen LogP) is 2.89. The van der Waals surface area contributed by atoms with Crippen molar-refractivity contribution in [3.63, 3.8) is 0 Å². The van der Waals surface area contributed by atoms with Gasteiger partial charge in [-0.25, -0.2) is 9.78 Å². The summed E-state index contributed by atoms with van der Waals surface area (Å²) in [7, 11) is 1.60. The number of amides is 2. The lowest BCUT2D eigenvalue weighted by Gasteiger charge is -2.32. The number of hydrogen-bond acceptors (Lipinski definition) is 6. The zero-order valence-electron chi connectivity index (χ0n) is 15.7. The predicted molar refractivity (Wildman–Crippen MR) is 109 cm³/mol. The highest BCUT2D eigenvalue weighted by atomic mass is 35.5. The molecule has 0 saturated carbocycles. The quantitative estimate of drug-likeness (QED) is 0.762. The number of carbonyl (C=O) groups is 1. The van der Waals surface area contributed by atoms with E-state index in [1.807, 2.05) is 18.2 Å². The number of morpholine rings is 1. The van der Waals surface area contributed by atoms with Crippen LogP contribution in [0, 0.1) is 0 Å². The molecule has 28 heavy (non-hydrogen) atoms. The van der Waals surface area contributed by atoms with Crippen molar-refractivity contribution in [2.24, 2.45) is 5.73 Å². The van der Waals surface area contributed by atoms with Crippen molar-refractivity contribution in [2.75, 3.05) is 38.7 Å². The van der Waals surface area contributed by atoms with E-state index in [-0.39, 0.29) is 24.5 Å². The number of benzene rings is 1. The molecule has 1 aromatic heterocycles. The highest BCUT2D eigenvalue weighted by Crippen LogP contribution is 2.24. The summed E-state index contributed by atoms with van der Waals surface area (Å²) < 4.78 is 16.5. The number of nitrogens with one attached hydrogen (secondary N) is 1. The second-order valence-corrected chi connectivity index (χ2v) is 6.11. The summed E-state index contributed by atoms with van der Waals surface area (Å²) in [5.74, 6) is 1.75. The van der Waals surface area contributed by atoms with Gasteiger partial charge < -0.3 is 30.2 Å². The van der Waals surface area contributed by atoms with Crippen LogP contribution in [-0.4, -0.2) is 55.4 Å². The van der Waals surface area contributed by atoms with Crippen LogP contribution < -0.4 is 20.5 Å². The number of hydrogen-bond donors (Lipinski definition) is 2. The van der Waals surface area contributed by atoms with Gasteiger partial charge in [-0.2, -0.15) is 0 Å². The van der Waals surface area contributed by atoms with Crippen molar-refractivity contribution in [1.29, 1.82) is 0 Å². The zero-order chi connectivity index (χ0) is 19.1. The van der Waals surface area contributed by atoms with Crippen molar-refractivity contribution in [3.05, 3.63) is 42.6 Å². The average molecular weight is 409 g/mol. The first-order chi connectivity index (χ1) is 13.2. The molecule has 1 aromatic carbocycles. The summed E-state index contributed by atoms with van der Waals surface area (Å²) in [6.45, 7) is 2.15. The summed E-state index contributed by atoms with van der Waals surface area (Å²) in [5, 5.41) is 2.85. The molecule has 1 unspecified atom stereocenters. The van der Waals surface area contributed by atoms with Gasteiger partial charge >= 0.3 is 6.03 Å². The van der Waals surface area contributed by atoms with Crippen LogP contribution in [0.5, 0.6) is 17.4 Å². The van der Waals surface area contributed by atoms with Crippen molar-refractivity contribution in [1.82, 2.24) is 9.88 Å². The van der Waals surface area contributed by atoms with Gasteiger partial charge in [-0.3, -0.25) is 0 Å². The number of rotatable bonds is 6. The maximum absolute atomic E-state index is 12.4. The van der Waals surface area contributed by atoms with E-state index in [4.69, 9.17) is 19.9 Å². The second kappa shape index (κ2) is 10.7. The molecule has 0 aliphatic carbocycles. The molecule has 2 heterocycles. The Morgan fingerprint density at radius 2 is 2.18 bits per heavy atom. The molecule has 1 atom stereocenters. The van der Waals surface area contributed by atoms with E-state index >= 15 is 0 Å². The lowest BCUT2D eigenvalue weighted by Crippen LogP contribution is -2.47. The Hall–Kier alpha value is -2.55. The first-order valence-corrected chi connectivity index (χ1v) is 8.83. The summed E-state index contributed by atoms with van der Waals surface area (Å²) >= 11 is 0. The highest BCUT2D eigenvalue weighted by Gasteiger charge is 2.23. The number of urea groups is 1. The van der Waals surface area contributed by atoms with Crippen LogP contribution in [0.2, 0.25) is 0 Å². The SMILES string of the molecule is COc1cccc(Oc2ccc(NC(=O)N3CCOC(CCN)C3)cn2)c1.Cl. The molecule has 0 spiro atoms. The first kappa shape index (κ1) is 21.7. The van der Waals surface area contributed by atoms with Crippen LogP contribution in [0.25, 0.3) is 0 Å². The minimum Gasteiger partial charge on any atom is -0.497 e. The molecule has 3 rings (SSSR count). The van der Waals surface area contributed by atoms with Gasteiger partial charge in [0.1, 0.15) is 11.5 Å². The molecule has 8 nitrogen and oxygen atoms in total. The number of halogens is 1. The van der Waals surface area contributed by atoms with Gasteiger partial charge in [-0.05, 0) is 31.2 Å². The Labute approximate surface area is 170 Å². The van der Waals surface area contributed by atoms with Gasteiger partial charge in [-0.1, -0.05) is 6.07 Å². The van der Waals surface area contributed by atoms with Crippen molar-refractivity contribution >= 4 is 24.1 Å². The van der Waals surface area contributed by atoms with Gasteiger partial charge in [0.05, 0.1) is 31.7 Å². The molecule has 1 saturated heterocycles. The molecule has 1 aliphatic rings. The van der Waals surface area contributed by atoms with Crippen LogP contribution in [0.4, 0.5) is 10.5 Å². The van der Waals surface area contributed by atoms with E-state index in [9.17, 15) is 4.79 Å². The van der Waals surface area contributed by atoms with Gasteiger partial charge in [-0.15, -0.1) is 12.4 Å². The van der Waals surface area contributed by atoms with E-state index < -0.39 is 0 Å². The molecule has 0 bridgehead atoms. The number of aromatic nitrogens is 1. The van der Waals surface area contributed by atoms with Gasteiger partial charge in [0.25, 0.3) is 0 Å². The summed E-state index contributed by atoms with van der Waals surface area (Å²) in [5.41, 5.74) is 6.16. The van der Waals surface area contributed by atoms with Crippen LogP contribution in [0.15, 0.2) is 42.6 Å². The van der Waals surface area contributed by atoms with Crippen molar-refractivity contribution < 1.29 is 19.0 Å².